The molecule has 1 atom stereocenters. The van der Waals surface area contributed by atoms with Crippen LogP contribution in [-0.2, 0) is 20.9 Å². The summed E-state index contributed by atoms with van der Waals surface area (Å²) < 4.78 is 11.4. The standard InChI is InChI=1S/C25H37N3O4/c1-27(21-9-12-31-13-10-21)11-14-32-23-8-4-5-19(15-23)17-26-25(30)20-16-24(29)28(18-20)22-6-2-3-7-22/h4-5,8,15,20-22H,2-3,6-7,9-14,16-18H2,1H3,(H,26,30). The molecule has 1 saturated carbocycles. The van der Waals surface area contributed by atoms with Crippen molar-refractivity contribution in [3.63, 3.8) is 0 Å². The van der Waals surface area contributed by atoms with Crippen LogP contribution in [0.15, 0.2) is 24.3 Å². The molecule has 2 saturated heterocycles. The highest BCUT2D eigenvalue weighted by Gasteiger charge is 2.38. The molecule has 2 amide bonds. The molecule has 0 aromatic heterocycles. The lowest BCUT2D eigenvalue weighted by Crippen LogP contribution is -2.38. The summed E-state index contributed by atoms with van der Waals surface area (Å²) >= 11 is 0. The third-order valence-corrected chi connectivity index (χ3v) is 7.19. The maximum Gasteiger partial charge on any atom is 0.225 e. The van der Waals surface area contributed by atoms with Gasteiger partial charge in [-0.3, -0.25) is 14.5 Å². The van der Waals surface area contributed by atoms with Gasteiger partial charge in [-0.25, -0.2) is 0 Å². The number of benzene rings is 1. The molecule has 1 unspecified atom stereocenters. The van der Waals surface area contributed by atoms with Gasteiger partial charge in [0, 0.05) is 51.4 Å². The van der Waals surface area contributed by atoms with Crippen LogP contribution in [0.5, 0.6) is 5.75 Å². The summed E-state index contributed by atoms with van der Waals surface area (Å²) in [5.41, 5.74) is 1.01. The number of ether oxygens (including phenoxy) is 2. The zero-order valence-electron chi connectivity index (χ0n) is 19.3. The normalized spacial score (nSPS) is 22.6. The molecule has 1 aliphatic carbocycles. The minimum Gasteiger partial charge on any atom is -0.492 e. The van der Waals surface area contributed by atoms with Crippen molar-refractivity contribution < 1.29 is 19.1 Å². The van der Waals surface area contributed by atoms with Gasteiger partial charge in [-0.2, -0.15) is 0 Å². The maximum absolute atomic E-state index is 12.7. The Balaban J connectivity index is 1.20. The van der Waals surface area contributed by atoms with Crippen LogP contribution in [-0.4, -0.2) is 73.7 Å². The van der Waals surface area contributed by atoms with Gasteiger partial charge in [0.2, 0.25) is 11.8 Å². The van der Waals surface area contributed by atoms with E-state index >= 15 is 0 Å². The summed E-state index contributed by atoms with van der Waals surface area (Å²) in [4.78, 5) is 29.3. The topological polar surface area (TPSA) is 71.1 Å². The van der Waals surface area contributed by atoms with Gasteiger partial charge in [0.05, 0.1) is 5.92 Å². The summed E-state index contributed by atoms with van der Waals surface area (Å²) in [6.45, 7) is 4.21. The van der Waals surface area contributed by atoms with Crippen molar-refractivity contribution in [3.05, 3.63) is 29.8 Å². The van der Waals surface area contributed by atoms with Crippen molar-refractivity contribution in [2.75, 3.05) is 40.0 Å². The third kappa shape index (κ3) is 6.01. The van der Waals surface area contributed by atoms with Crippen LogP contribution < -0.4 is 10.1 Å². The molecule has 1 aromatic rings. The van der Waals surface area contributed by atoms with Gasteiger partial charge in [0.1, 0.15) is 12.4 Å². The Labute approximate surface area is 191 Å². The zero-order valence-corrected chi connectivity index (χ0v) is 19.3. The Morgan fingerprint density at radius 1 is 1.22 bits per heavy atom. The van der Waals surface area contributed by atoms with E-state index in [1.807, 2.05) is 29.2 Å². The Kier molecular flexibility index (Phi) is 8.03. The van der Waals surface area contributed by atoms with E-state index in [4.69, 9.17) is 9.47 Å². The van der Waals surface area contributed by atoms with Crippen molar-refractivity contribution in [2.24, 2.45) is 5.92 Å². The predicted octanol–water partition coefficient (Wildman–Crippen LogP) is 2.58. The average Bonchev–Trinajstić information content (AvgIpc) is 3.48. The Hall–Kier alpha value is -2.12. The molecule has 3 aliphatic rings. The molecule has 2 aliphatic heterocycles. The lowest BCUT2D eigenvalue weighted by Gasteiger charge is -2.31. The molecule has 0 bridgehead atoms. The highest BCUT2D eigenvalue weighted by Crippen LogP contribution is 2.29. The first-order valence-electron chi connectivity index (χ1n) is 12.2. The first-order chi connectivity index (χ1) is 15.6. The summed E-state index contributed by atoms with van der Waals surface area (Å²) in [5.74, 6) is 0.699. The van der Waals surface area contributed by atoms with Crippen LogP contribution in [0.3, 0.4) is 0 Å². The number of rotatable bonds is 9. The number of likely N-dealkylation sites (tertiary alicyclic amines) is 1. The predicted molar refractivity (Wildman–Crippen MR) is 122 cm³/mol. The lowest BCUT2D eigenvalue weighted by molar-refractivity contribution is -0.130. The third-order valence-electron chi connectivity index (χ3n) is 7.19. The second-order valence-electron chi connectivity index (χ2n) is 9.42. The highest BCUT2D eigenvalue weighted by molar-refractivity contribution is 5.89. The van der Waals surface area contributed by atoms with Crippen LogP contribution in [0.1, 0.15) is 50.5 Å². The summed E-state index contributed by atoms with van der Waals surface area (Å²) in [6.07, 6.45) is 7.04. The number of likely N-dealkylation sites (N-methyl/N-ethyl adjacent to an activating group) is 1. The first kappa shape index (κ1) is 23.1. The molecule has 0 spiro atoms. The molecule has 3 fully saturated rings. The van der Waals surface area contributed by atoms with E-state index in [1.165, 1.54) is 12.8 Å². The van der Waals surface area contributed by atoms with Crippen molar-refractivity contribution in [1.82, 2.24) is 15.1 Å². The van der Waals surface area contributed by atoms with Gasteiger partial charge in [-0.05, 0) is 50.4 Å². The number of nitrogens with zero attached hydrogens (tertiary/aromatic N) is 2. The van der Waals surface area contributed by atoms with Gasteiger partial charge in [-0.15, -0.1) is 0 Å². The van der Waals surface area contributed by atoms with Crippen molar-refractivity contribution in [3.8, 4) is 5.75 Å². The smallest absolute Gasteiger partial charge is 0.225 e. The average molecular weight is 444 g/mol. The summed E-state index contributed by atoms with van der Waals surface area (Å²) in [7, 11) is 2.15. The van der Waals surface area contributed by atoms with E-state index in [2.05, 4.69) is 17.3 Å². The summed E-state index contributed by atoms with van der Waals surface area (Å²) in [5, 5.41) is 3.02. The van der Waals surface area contributed by atoms with E-state index in [0.29, 0.717) is 38.2 Å². The minimum absolute atomic E-state index is 0.0248. The van der Waals surface area contributed by atoms with E-state index in [9.17, 15) is 9.59 Å². The van der Waals surface area contributed by atoms with Crippen LogP contribution in [0.4, 0.5) is 0 Å². The molecule has 176 valence electrons. The molecule has 7 heteroatoms. The Bertz CT molecular complexity index is 774. The summed E-state index contributed by atoms with van der Waals surface area (Å²) in [6, 6.07) is 8.81. The van der Waals surface area contributed by atoms with Gasteiger partial charge in [-0.1, -0.05) is 25.0 Å². The van der Waals surface area contributed by atoms with E-state index < -0.39 is 0 Å². The van der Waals surface area contributed by atoms with Crippen molar-refractivity contribution in [2.45, 2.75) is 63.6 Å². The molecule has 1 N–H and O–H groups in total. The molecule has 2 heterocycles. The molecular weight excluding hydrogens is 406 g/mol. The fraction of sp³-hybridized carbons (Fsp3) is 0.680. The number of amides is 2. The van der Waals surface area contributed by atoms with Gasteiger partial charge in [0.25, 0.3) is 0 Å². The quantitative estimate of drug-likeness (QED) is 0.635. The van der Waals surface area contributed by atoms with Gasteiger partial charge >= 0.3 is 0 Å². The van der Waals surface area contributed by atoms with Crippen molar-refractivity contribution in [1.29, 1.82) is 0 Å². The van der Waals surface area contributed by atoms with Crippen LogP contribution in [0.2, 0.25) is 0 Å². The van der Waals surface area contributed by atoms with E-state index in [1.54, 1.807) is 0 Å². The lowest BCUT2D eigenvalue weighted by atomic mass is 10.1. The first-order valence-corrected chi connectivity index (χ1v) is 12.2. The van der Waals surface area contributed by atoms with E-state index in [-0.39, 0.29) is 17.7 Å². The van der Waals surface area contributed by atoms with E-state index in [0.717, 1.165) is 56.8 Å². The Morgan fingerprint density at radius 2 is 2.00 bits per heavy atom. The van der Waals surface area contributed by atoms with Crippen LogP contribution in [0.25, 0.3) is 0 Å². The highest BCUT2D eigenvalue weighted by atomic mass is 16.5. The molecule has 32 heavy (non-hydrogen) atoms. The largest absolute Gasteiger partial charge is 0.492 e. The second kappa shape index (κ2) is 11.1. The number of carbonyl (C=O) groups excluding carboxylic acids is 2. The fourth-order valence-corrected chi connectivity index (χ4v) is 5.17. The minimum atomic E-state index is -0.233. The van der Waals surface area contributed by atoms with Gasteiger partial charge in [0.15, 0.2) is 0 Å². The van der Waals surface area contributed by atoms with Gasteiger partial charge < -0.3 is 19.7 Å². The van der Waals surface area contributed by atoms with Crippen LogP contribution >= 0.6 is 0 Å². The molecule has 4 rings (SSSR count). The molecule has 7 nitrogen and oxygen atoms in total. The van der Waals surface area contributed by atoms with Crippen LogP contribution in [0, 0.1) is 5.92 Å². The maximum atomic E-state index is 12.7. The Morgan fingerprint density at radius 3 is 2.78 bits per heavy atom. The number of carbonyl (C=O) groups is 2. The van der Waals surface area contributed by atoms with Crippen molar-refractivity contribution >= 4 is 11.8 Å². The molecule has 1 aromatic carbocycles. The number of hydrogen-bond donors (Lipinski definition) is 1. The fourth-order valence-electron chi connectivity index (χ4n) is 5.17. The number of nitrogens with one attached hydrogen (secondary N) is 1. The molecular formula is C25H37N3O4. The SMILES string of the molecule is CN(CCOc1cccc(CNC(=O)C2CC(=O)N(C3CCCC3)C2)c1)C1CCOCC1. The second-order valence-corrected chi connectivity index (χ2v) is 9.42. The molecule has 0 radical (unpaired) electrons. The number of hydrogen-bond acceptors (Lipinski definition) is 5. The zero-order chi connectivity index (χ0) is 22.3. The monoisotopic (exact) mass is 443 g/mol.